The molecule has 6 heteroatoms. The van der Waals surface area contributed by atoms with Crippen molar-refractivity contribution in [1.82, 2.24) is 14.5 Å². The first-order valence-corrected chi connectivity index (χ1v) is 19.3. The lowest BCUT2D eigenvalue weighted by atomic mass is 10.1. The molecule has 6 nitrogen and oxygen atoms in total. The van der Waals surface area contributed by atoms with E-state index in [1.807, 2.05) is 36.4 Å². The summed E-state index contributed by atoms with van der Waals surface area (Å²) in [6.07, 6.45) is -0.354. The molecule has 3 aromatic heterocycles. The van der Waals surface area contributed by atoms with Gasteiger partial charge in [0.25, 0.3) is 0 Å². The first-order valence-electron chi connectivity index (χ1n) is 19.3. The van der Waals surface area contributed by atoms with Gasteiger partial charge in [-0.05, 0) is 66.2 Å². The Bertz CT molecular complexity index is 3420. The molecule has 4 heterocycles. The van der Waals surface area contributed by atoms with Gasteiger partial charge in [0.05, 0.1) is 22.1 Å². The number of hydrogen-bond donors (Lipinski definition) is 1. The van der Waals surface area contributed by atoms with Crippen LogP contribution < -0.4 is 5.32 Å². The van der Waals surface area contributed by atoms with Crippen LogP contribution in [0.1, 0.15) is 22.9 Å². The molecule has 11 aromatic rings. The molecule has 0 amide bonds. The summed E-state index contributed by atoms with van der Waals surface area (Å²) in [5.74, 6) is 1.43. The molecule has 1 aliphatic heterocycles. The van der Waals surface area contributed by atoms with E-state index in [-0.39, 0.29) is 6.17 Å². The van der Waals surface area contributed by atoms with Crippen LogP contribution in [-0.4, -0.2) is 20.8 Å². The zero-order valence-electron chi connectivity index (χ0n) is 30.7. The molecule has 57 heavy (non-hydrogen) atoms. The van der Waals surface area contributed by atoms with Gasteiger partial charge in [-0.2, -0.15) is 0 Å². The van der Waals surface area contributed by atoms with Gasteiger partial charge in [-0.15, -0.1) is 0 Å². The predicted molar refractivity (Wildman–Crippen MR) is 234 cm³/mol. The summed E-state index contributed by atoms with van der Waals surface area (Å²) in [7, 11) is 0. The van der Waals surface area contributed by atoms with Gasteiger partial charge in [-0.3, -0.25) is 0 Å². The van der Waals surface area contributed by atoms with Crippen molar-refractivity contribution in [3.63, 3.8) is 0 Å². The Balaban J connectivity index is 0.988. The summed E-state index contributed by atoms with van der Waals surface area (Å²) >= 11 is 0. The van der Waals surface area contributed by atoms with Crippen LogP contribution in [0.5, 0.6) is 0 Å². The molecule has 1 unspecified atom stereocenters. The lowest BCUT2D eigenvalue weighted by Gasteiger charge is -2.24. The molecule has 1 atom stereocenters. The van der Waals surface area contributed by atoms with Gasteiger partial charge in [0, 0.05) is 54.8 Å². The molecule has 0 radical (unpaired) electrons. The van der Waals surface area contributed by atoms with E-state index in [2.05, 4.69) is 166 Å². The number of amidine groups is 2. The number of aliphatic imine (C=N–C) groups is 2. The van der Waals surface area contributed by atoms with Gasteiger partial charge in [0.2, 0.25) is 0 Å². The van der Waals surface area contributed by atoms with Crippen molar-refractivity contribution in [2.24, 2.45) is 9.98 Å². The van der Waals surface area contributed by atoms with Gasteiger partial charge in [0.15, 0.2) is 5.84 Å². The summed E-state index contributed by atoms with van der Waals surface area (Å²) in [5, 5.41) is 10.8. The molecule has 0 fully saturated rings. The van der Waals surface area contributed by atoms with E-state index in [9.17, 15) is 0 Å². The quantitative estimate of drug-likeness (QED) is 0.192. The smallest absolute Gasteiger partial charge is 0.159 e. The van der Waals surface area contributed by atoms with Crippen LogP contribution in [0.15, 0.2) is 202 Å². The topological polar surface area (TPSA) is 59.8 Å². The molecule has 1 aliphatic rings. The molecule has 0 saturated heterocycles. The maximum Gasteiger partial charge on any atom is 0.159 e. The maximum absolute atomic E-state index is 6.27. The Kier molecular flexibility index (Phi) is 6.89. The lowest BCUT2D eigenvalue weighted by Crippen LogP contribution is -2.33. The standard InChI is InChI=1S/C51H33N5O/c1-3-13-32(14-4-1)49-52-50(54-51(53-49)34-25-28-39-38-18-9-12-22-45(38)57-46(39)31-34)33-23-26-36(27-24-33)55-43-21-11-8-19-41(43)47-44(55)30-29-40-37-17-7-10-20-42(37)56(48(40)47)35-15-5-2-6-16-35/h1-31,50H,(H,52,53,54). The van der Waals surface area contributed by atoms with Crippen molar-refractivity contribution < 1.29 is 4.42 Å². The van der Waals surface area contributed by atoms with E-state index in [1.54, 1.807) is 0 Å². The van der Waals surface area contributed by atoms with Crippen LogP contribution in [0.25, 0.3) is 76.9 Å². The average molecular weight is 732 g/mol. The minimum atomic E-state index is -0.354. The molecule has 0 saturated carbocycles. The Morgan fingerprint density at radius 3 is 1.89 bits per heavy atom. The normalized spacial score (nSPS) is 14.5. The highest BCUT2D eigenvalue weighted by atomic mass is 16.3. The van der Waals surface area contributed by atoms with E-state index in [1.165, 1.54) is 32.6 Å². The summed E-state index contributed by atoms with van der Waals surface area (Å²) < 4.78 is 11.1. The second-order valence-electron chi connectivity index (χ2n) is 14.6. The van der Waals surface area contributed by atoms with E-state index in [0.717, 1.165) is 66.9 Å². The fourth-order valence-electron chi connectivity index (χ4n) is 8.79. The Labute approximate surface area is 327 Å². The molecule has 0 bridgehead atoms. The minimum Gasteiger partial charge on any atom is -0.456 e. The van der Waals surface area contributed by atoms with Gasteiger partial charge in [-0.1, -0.05) is 127 Å². The summed E-state index contributed by atoms with van der Waals surface area (Å²) in [6, 6.07) is 66.2. The third kappa shape index (κ3) is 4.90. The van der Waals surface area contributed by atoms with Crippen molar-refractivity contribution in [2.75, 3.05) is 0 Å². The number of nitrogens with zero attached hydrogens (tertiary/aromatic N) is 4. The number of rotatable bonds is 5. The maximum atomic E-state index is 6.27. The van der Waals surface area contributed by atoms with Crippen molar-refractivity contribution in [2.45, 2.75) is 6.17 Å². The molecule has 12 rings (SSSR count). The summed E-state index contributed by atoms with van der Waals surface area (Å²) in [4.78, 5) is 10.2. The monoisotopic (exact) mass is 731 g/mol. The number of nitrogens with one attached hydrogen (secondary N) is 1. The number of furan rings is 1. The minimum absolute atomic E-state index is 0.354. The van der Waals surface area contributed by atoms with Gasteiger partial charge in [0.1, 0.15) is 23.2 Å². The highest BCUT2D eigenvalue weighted by Crippen LogP contribution is 2.42. The lowest BCUT2D eigenvalue weighted by molar-refractivity contribution is 0.666. The van der Waals surface area contributed by atoms with Crippen LogP contribution in [-0.2, 0) is 0 Å². The van der Waals surface area contributed by atoms with E-state index in [0.29, 0.717) is 5.84 Å². The van der Waals surface area contributed by atoms with Gasteiger partial charge >= 0.3 is 0 Å². The Morgan fingerprint density at radius 1 is 0.456 bits per heavy atom. The SMILES string of the molecule is c1ccc(C2=NC(c3ccc(-n4c5ccccc5c5c4ccc4c6ccccc6n(-c6ccccc6)c45)cc3)NC(c3ccc4c(c3)oc3ccccc34)=N2)cc1. The second-order valence-corrected chi connectivity index (χ2v) is 14.6. The third-order valence-electron chi connectivity index (χ3n) is 11.4. The van der Waals surface area contributed by atoms with Gasteiger partial charge in [-0.25, -0.2) is 9.98 Å². The Morgan fingerprint density at radius 2 is 1.09 bits per heavy atom. The molecule has 0 aliphatic carbocycles. The van der Waals surface area contributed by atoms with Gasteiger partial charge < -0.3 is 18.9 Å². The molecular formula is C51H33N5O. The number of benzene rings is 8. The van der Waals surface area contributed by atoms with Crippen molar-refractivity contribution in [3.05, 3.63) is 205 Å². The first-order chi connectivity index (χ1) is 28.3. The van der Waals surface area contributed by atoms with Crippen LogP contribution in [0.2, 0.25) is 0 Å². The molecule has 1 N–H and O–H groups in total. The Hall–Kier alpha value is -7.70. The van der Waals surface area contributed by atoms with Crippen molar-refractivity contribution >= 4 is 77.2 Å². The van der Waals surface area contributed by atoms with Crippen LogP contribution >= 0.6 is 0 Å². The van der Waals surface area contributed by atoms with Crippen LogP contribution in [0.4, 0.5) is 0 Å². The number of hydrogen-bond acceptors (Lipinski definition) is 4. The number of para-hydroxylation sites is 4. The van der Waals surface area contributed by atoms with Crippen LogP contribution in [0.3, 0.4) is 0 Å². The largest absolute Gasteiger partial charge is 0.456 e. The summed E-state index contributed by atoms with van der Waals surface area (Å²) in [6.45, 7) is 0. The highest BCUT2D eigenvalue weighted by molar-refractivity contribution is 6.26. The number of aromatic nitrogens is 2. The number of fused-ring (bicyclic) bond motifs is 10. The molecule has 0 spiro atoms. The van der Waals surface area contributed by atoms with Crippen molar-refractivity contribution in [3.8, 4) is 11.4 Å². The fourth-order valence-corrected chi connectivity index (χ4v) is 8.79. The second kappa shape index (κ2) is 12.4. The zero-order valence-corrected chi connectivity index (χ0v) is 30.7. The fraction of sp³-hybridized carbons (Fsp3) is 0.0196. The van der Waals surface area contributed by atoms with Crippen LogP contribution in [0, 0.1) is 0 Å². The zero-order chi connectivity index (χ0) is 37.5. The molecule has 8 aromatic carbocycles. The van der Waals surface area contributed by atoms with E-state index < -0.39 is 0 Å². The average Bonchev–Trinajstić information content (AvgIpc) is 3.94. The third-order valence-corrected chi connectivity index (χ3v) is 11.4. The highest BCUT2D eigenvalue weighted by Gasteiger charge is 2.24. The first kappa shape index (κ1) is 31.6. The van der Waals surface area contributed by atoms with E-state index in [4.69, 9.17) is 14.4 Å². The predicted octanol–water partition coefficient (Wildman–Crippen LogP) is 12.3. The van der Waals surface area contributed by atoms with Crippen molar-refractivity contribution in [1.29, 1.82) is 0 Å². The molecule has 268 valence electrons. The molecular weight excluding hydrogens is 699 g/mol. The summed E-state index contributed by atoms with van der Waals surface area (Å²) in [5.41, 5.74) is 11.6. The van der Waals surface area contributed by atoms with E-state index >= 15 is 0 Å².